The summed E-state index contributed by atoms with van der Waals surface area (Å²) in [5.41, 5.74) is 0.719. The highest BCUT2D eigenvalue weighted by molar-refractivity contribution is 5.58. The largest absolute Gasteiger partial charge is 0.495 e. The molecule has 4 nitrogen and oxygen atoms in total. The topological polar surface area (TPSA) is 48.3 Å². The van der Waals surface area contributed by atoms with Gasteiger partial charge < -0.3 is 15.0 Å². The van der Waals surface area contributed by atoms with Crippen LogP contribution in [0.5, 0.6) is 5.75 Å². The number of rotatable bonds is 2. The first kappa shape index (κ1) is 13.6. The first-order valence-corrected chi connectivity index (χ1v) is 6.34. The molecular weight excluding hydrogens is 245 g/mol. The number of nitriles is 1. The average Bonchev–Trinajstić information content (AvgIpc) is 2.40. The maximum atomic E-state index is 13.9. The van der Waals surface area contributed by atoms with E-state index in [1.165, 1.54) is 13.2 Å². The molecule has 5 heteroatoms. The van der Waals surface area contributed by atoms with Crippen LogP contribution < -0.4 is 15.0 Å². The Morgan fingerprint density at radius 3 is 2.84 bits per heavy atom. The molecule has 102 valence electrons. The molecule has 1 saturated heterocycles. The minimum atomic E-state index is -0.532. The zero-order chi connectivity index (χ0) is 14.0. The molecule has 0 spiro atoms. The van der Waals surface area contributed by atoms with E-state index >= 15 is 0 Å². The fourth-order valence-electron chi connectivity index (χ4n) is 2.38. The summed E-state index contributed by atoms with van der Waals surface area (Å²) in [6.45, 7) is 5.83. The van der Waals surface area contributed by atoms with Gasteiger partial charge in [-0.25, -0.2) is 4.39 Å². The fraction of sp³-hybridized carbons (Fsp3) is 0.500. The Morgan fingerprint density at radius 2 is 2.21 bits per heavy atom. The number of anilines is 1. The third-order valence-corrected chi connectivity index (χ3v) is 3.47. The lowest BCUT2D eigenvalue weighted by Gasteiger charge is -2.39. The smallest absolute Gasteiger partial charge is 0.146 e. The number of benzene rings is 1. The van der Waals surface area contributed by atoms with E-state index in [2.05, 4.69) is 24.1 Å². The third kappa shape index (κ3) is 2.64. The van der Waals surface area contributed by atoms with Crippen molar-refractivity contribution in [3.05, 3.63) is 23.5 Å². The van der Waals surface area contributed by atoms with Crippen molar-refractivity contribution in [1.29, 1.82) is 5.26 Å². The summed E-state index contributed by atoms with van der Waals surface area (Å²) < 4.78 is 19.0. The highest BCUT2D eigenvalue weighted by Crippen LogP contribution is 2.29. The highest BCUT2D eigenvalue weighted by Gasteiger charge is 2.24. The summed E-state index contributed by atoms with van der Waals surface area (Å²) in [5, 5.41) is 12.3. The van der Waals surface area contributed by atoms with Crippen molar-refractivity contribution in [2.24, 2.45) is 0 Å². The SMILES string of the molecule is COc1cc(N2CC(C)NCC2C)cc(F)c1C#N. The Balaban J connectivity index is 2.40. The number of methoxy groups -OCH3 is 1. The van der Waals surface area contributed by atoms with E-state index in [4.69, 9.17) is 10.00 Å². The number of nitrogens with zero attached hydrogens (tertiary/aromatic N) is 2. The van der Waals surface area contributed by atoms with Crippen molar-refractivity contribution in [2.45, 2.75) is 25.9 Å². The van der Waals surface area contributed by atoms with Crippen LogP contribution in [0.1, 0.15) is 19.4 Å². The van der Waals surface area contributed by atoms with E-state index < -0.39 is 5.82 Å². The number of hydrogen-bond donors (Lipinski definition) is 1. The van der Waals surface area contributed by atoms with Gasteiger partial charge in [-0.15, -0.1) is 0 Å². The molecule has 0 amide bonds. The molecule has 0 aromatic heterocycles. The lowest BCUT2D eigenvalue weighted by molar-refractivity contribution is 0.405. The van der Waals surface area contributed by atoms with Gasteiger partial charge in [-0.2, -0.15) is 5.26 Å². The van der Waals surface area contributed by atoms with E-state index in [9.17, 15) is 4.39 Å². The first-order chi connectivity index (χ1) is 9.06. The Kier molecular flexibility index (Phi) is 3.91. The highest BCUT2D eigenvalue weighted by atomic mass is 19.1. The van der Waals surface area contributed by atoms with Crippen LogP contribution in [0.3, 0.4) is 0 Å². The van der Waals surface area contributed by atoms with Crippen LogP contribution in [0.2, 0.25) is 0 Å². The molecule has 1 aromatic carbocycles. The molecule has 1 heterocycles. The summed E-state index contributed by atoms with van der Waals surface area (Å²) in [6, 6.07) is 5.60. The Hall–Kier alpha value is -1.80. The van der Waals surface area contributed by atoms with Crippen molar-refractivity contribution in [1.82, 2.24) is 5.32 Å². The molecule has 0 radical (unpaired) electrons. The van der Waals surface area contributed by atoms with Gasteiger partial charge in [-0.05, 0) is 19.9 Å². The monoisotopic (exact) mass is 263 g/mol. The van der Waals surface area contributed by atoms with Gasteiger partial charge in [-0.1, -0.05) is 0 Å². The van der Waals surface area contributed by atoms with Crippen molar-refractivity contribution in [3.8, 4) is 11.8 Å². The standard InChI is InChI=1S/C14H18FN3O/c1-9-8-18(10(2)7-17-9)11-4-13(15)12(6-16)14(5-11)19-3/h4-5,9-10,17H,7-8H2,1-3H3. The molecule has 1 aliphatic heterocycles. The van der Waals surface area contributed by atoms with Crippen molar-refractivity contribution >= 4 is 5.69 Å². The van der Waals surface area contributed by atoms with E-state index in [0.717, 1.165) is 18.8 Å². The van der Waals surface area contributed by atoms with Gasteiger partial charge in [-0.3, -0.25) is 0 Å². The second-order valence-corrected chi connectivity index (χ2v) is 4.93. The van der Waals surface area contributed by atoms with Gasteiger partial charge in [0.05, 0.1) is 7.11 Å². The van der Waals surface area contributed by atoms with Crippen LogP contribution in [-0.2, 0) is 0 Å². The maximum Gasteiger partial charge on any atom is 0.146 e. The van der Waals surface area contributed by atoms with Gasteiger partial charge in [0.2, 0.25) is 0 Å². The molecule has 19 heavy (non-hydrogen) atoms. The Morgan fingerprint density at radius 1 is 1.47 bits per heavy atom. The summed E-state index contributed by atoms with van der Waals surface area (Å²) in [7, 11) is 1.45. The number of hydrogen-bond acceptors (Lipinski definition) is 4. The summed E-state index contributed by atoms with van der Waals surface area (Å²) in [6.07, 6.45) is 0. The summed E-state index contributed by atoms with van der Waals surface area (Å²) >= 11 is 0. The van der Waals surface area contributed by atoms with Crippen LogP contribution in [-0.4, -0.2) is 32.3 Å². The predicted molar refractivity (Wildman–Crippen MR) is 71.9 cm³/mol. The van der Waals surface area contributed by atoms with Crippen molar-refractivity contribution in [2.75, 3.05) is 25.1 Å². The zero-order valence-electron chi connectivity index (χ0n) is 11.4. The third-order valence-electron chi connectivity index (χ3n) is 3.47. The minimum absolute atomic E-state index is 0.0397. The molecule has 2 rings (SSSR count). The van der Waals surface area contributed by atoms with Gasteiger partial charge in [0.25, 0.3) is 0 Å². The van der Waals surface area contributed by atoms with Crippen LogP contribution in [0, 0.1) is 17.1 Å². The van der Waals surface area contributed by atoms with Crippen molar-refractivity contribution in [3.63, 3.8) is 0 Å². The molecule has 0 bridgehead atoms. The zero-order valence-corrected chi connectivity index (χ0v) is 11.4. The summed E-state index contributed by atoms with van der Waals surface area (Å²) in [5.74, 6) is -0.244. The molecule has 1 aliphatic rings. The minimum Gasteiger partial charge on any atom is -0.495 e. The quantitative estimate of drug-likeness (QED) is 0.885. The van der Waals surface area contributed by atoms with Crippen molar-refractivity contribution < 1.29 is 9.13 Å². The maximum absolute atomic E-state index is 13.9. The van der Waals surface area contributed by atoms with Crippen LogP contribution in [0.25, 0.3) is 0 Å². The van der Waals surface area contributed by atoms with E-state index in [1.54, 1.807) is 6.07 Å². The van der Waals surface area contributed by atoms with E-state index in [0.29, 0.717) is 6.04 Å². The molecule has 0 saturated carbocycles. The van der Waals surface area contributed by atoms with Crippen LogP contribution in [0.15, 0.2) is 12.1 Å². The normalized spacial score (nSPS) is 23.0. The molecular formula is C14H18FN3O. The Labute approximate surface area is 112 Å². The van der Waals surface area contributed by atoms with Crippen LogP contribution >= 0.6 is 0 Å². The second kappa shape index (κ2) is 5.45. The van der Waals surface area contributed by atoms with Gasteiger partial charge in [0, 0.05) is 36.9 Å². The number of piperazine rings is 1. The lowest BCUT2D eigenvalue weighted by atomic mass is 10.1. The molecule has 1 aromatic rings. The Bertz CT molecular complexity index is 512. The fourth-order valence-corrected chi connectivity index (χ4v) is 2.38. The first-order valence-electron chi connectivity index (χ1n) is 6.34. The van der Waals surface area contributed by atoms with Gasteiger partial charge in [0.1, 0.15) is 23.2 Å². The van der Waals surface area contributed by atoms with Gasteiger partial charge >= 0.3 is 0 Å². The van der Waals surface area contributed by atoms with E-state index in [-0.39, 0.29) is 17.4 Å². The lowest BCUT2D eigenvalue weighted by Crippen LogP contribution is -2.54. The number of ether oxygens (including phenoxy) is 1. The molecule has 1 fully saturated rings. The number of halogens is 1. The number of nitrogens with one attached hydrogen (secondary N) is 1. The van der Waals surface area contributed by atoms with E-state index in [1.807, 2.05) is 6.07 Å². The van der Waals surface area contributed by atoms with Crippen LogP contribution in [0.4, 0.5) is 10.1 Å². The molecule has 2 atom stereocenters. The molecule has 1 N–H and O–H groups in total. The van der Waals surface area contributed by atoms with Gasteiger partial charge in [0.15, 0.2) is 0 Å². The predicted octanol–water partition coefficient (Wildman–Crippen LogP) is 1.89. The second-order valence-electron chi connectivity index (χ2n) is 4.93. The molecule has 0 aliphatic carbocycles. The molecule has 2 unspecified atom stereocenters. The average molecular weight is 263 g/mol. The summed E-state index contributed by atoms with van der Waals surface area (Å²) in [4.78, 5) is 2.13.